The quantitative estimate of drug-likeness (QED) is 0.857. The minimum absolute atomic E-state index is 0.116. The number of hydrogen-bond acceptors (Lipinski definition) is 3. The summed E-state index contributed by atoms with van der Waals surface area (Å²) in [7, 11) is 1.46. The summed E-state index contributed by atoms with van der Waals surface area (Å²) >= 11 is 0. The summed E-state index contributed by atoms with van der Waals surface area (Å²) < 4.78 is 50.5. The van der Waals surface area contributed by atoms with Crippen LogP contribution < -0.4 is 4.74 Å². The first-order valence-electron chi connectivity index (χ1n) is 6.68. The molecule has 3 nitrogen and oxygen atoms in total. The first-order chi connectivity index (χ1) is 9.82. The topological polar surface area (TPSA) is 35.5 Å². The molecule has 1 aromatic carbocycles. The monoisotopic (exact) mass is 302 g/mol. The summed E-state index contributed by atoms with van der Waals surface area (Å²) in [5.41, 5.74) is -1.74. The zero-order valence-corrected chi connectivity index (χ0v) is 11.9. The van der Waals surface area contributed by atoms with Crippen molar-refractivity contribution in [2.24, 2.45) is 5.92 Å². The number of halogens is 3. The van der Waals surface area contributed by atoms with Gasteiger partial charge in [0, 0.05) is 6.61 Å². The second-order valence-corrected chi connectivity index (χ2v) is 5.11. The fourth-order valence-corrected chi connectivity index (χ4v) is 2.89. The number of rotatable bonds is 3. The van der Waals surface area contributed by atoms with Crippen molar-refractivity contribution in [3.8, 4) is 5.75 Å². The minimum Gasteiger partial charge on any atom is -0.497 e. The van der Waals surface area contributed by atoms with Gasteiger partial charge in [-0.1, -0.05) is 12.1 Å². The molecule has 1 aliphatic rings. The number of methoxy groups -OCH3 is 1. The van der Waals surface area contributed by atoms with Gasteiger partial charge in [-0.25, -0.2) is 0 Å². The normalized spacial score (nSPS) is 26.4. The van der Waals surface area contributed by atoms with Crippen molar-refractivity contribution in [1.82, 2.24) is 0 Å². The second kappa shape index (κ2) is 5.67. The molecule has 2 atom stereocenters. The zero-order valence-electron chi connectivity index (χ0n) is 11.9. The maximum atomic E-state index is 13.4. The van der Waals surface area contributed by atoms with Gasteiger partial charge in [-0.05, 0) is 37.5 Å². The van der Waals surface area contributed by atoms with Crippen LogP contribution in [0.1, 0.15) is 25.3 Å². The molecule has 1 fully saturated rings. The Hall–Kier alpha value is -1.56. The number of hydrogen-bond donors (Lipinski definition) is 0. The van der Waals surface area contributed by atoms with Gasteiger partial charge in [0.1, 0.15) is 5.75 Å². The minimum atomic E-state index is -4.49. The van der Waals surface area contributed by atoms with Crippen molar-refractivity contribution in [2.45, 2.75) is 31.5 Å². The summed E-state index contributed by atoms with van der Waals surface area (Å²) in [6, 6.07) is 5.99. The third kappa shape index (κ3) is 2.77. The van der Waals surface area contributed by atoms with Crippen LogP contribution in [0.2, 0.25) is 0 Å². The summed E-state index contributed by atoms with van der Waals surface area (Å²) in [5, 5.41) is 0. The van der Waals surface area contributed by atoms with Crippen molar-refractivity contribution in [1.29, 1.82) is 0 Å². The molecule has 6 heteroatoms. The van der Waals surface area contributed by atoms with E-state index >= 15 is 0 Å². The largest absolute Gasteiger partial charge is 0.497 e. The lowest BCUT2D eigenvalue weighted by molar-refractivity contribution is -0.254. The highest BCUT2D eigenvalue weighted by Gasteiger charge is 2.59. The third-order valence-electron chi connectivity index (χ3n) is 3.89. The Morgan fingerprint density at radius 3 is 2.43 bits per heavy atom. The number of benzene rings is 1. The number of Topliss-reactive ketones (excluding diaryl/α,β-unsaturated/α-hetero) is 1. The van der Waals surface area contributed by atoms with Crippen LogP contribution in [-0.2, 0) is 15.1 Å². The molecule has 0 saturated carbocycles. The van der Waals surface area contributed by atoms with E-state index in [4.69, 9.17) is 9.47 Å². The highest BCUT2D eigenvalue weighted by atomic mass is 19.4. The van der Waals surface area contributed by atoms with Crippen LogP contribution in [0.5, 0.6) is 5.75 Å². The molecule has 0 radical (unpaired) electrons. The van der Waals surface area contributed by atoms with E-state index in [1.807, 2.05) is 0 Å². The van der Waals surface area contributed by atoms with E-state index < -0.39 is 23.5 Å². The number of carbonyl (C=O) groups excluding carboxylic acids is 1. The molecular weight excluding hydrogens is 285 g/mol. The molecule has 0 aliphatic carbocycles. The smallest absolute Gasteiger partial charge is 0.395 e. The molecule has 1 heterocycles. The van der Waals surface area contributed by atoms with Crippen molar-refractivity contribution in [3.05, 3.63) is 29.8 Å². The van der Waals surface area contributed by atoms with Crippen LogP contribution >= 0.6 is 0 Å². The molecule has 0 amide bonds. The molecular formula is C15H17F3O3. The highest BCUT2D eigenvalue weighted by Crippen LogP contribution is 2.49. The Morgan fingerprint density at radius 1 is 1.33 bits per heavy atom. The zero-order chi connectivity index (χ0) is 15.7. The summed E-state index contributed by atoms with van der Waals surface area (Å²) in [6.07, 6.45) is -4.32. The van der Waals surface area contributed by atoms with Crippen LogP contribution in [0.25, 0.3) is 0 Å². The Kier molecular flexibility index (Phi) is 4.27. The fraction of sp³-hybridized carbons (Fsp3) is 0.533. The molecule has 116 valence electrons. The van der Waals surface area contributed by atoms with Gasteiger partial charge in [-0.3, -0.25) is 4.79 Å². The molecule has 21 heavy (non-hydrogen) atoms. The molecule has 0 N–H and O–H groups in total. The molecule has 0 aromatic heterocycles. The Bertz CT molecular complexity index is 510. The van der Waals surface area contributed by atoms with Crippen molar-refractivity contribution in [2.75, 3.05) is 13.7 Å². The first-order valence-corrected chi connectivity index (χ1v) is 6.68. The van der Waals surface area contributed by atoms with Gasteiger partial charge in [0.15, 0.2) is 11.4 Å². The molecule has 0 unspecified atom stereocenters. The van der Waals surface area contributed by atoms with E-state index in [2.05, 4.69) is 0 Å². The molecule has 0 bridgehead atoms. The van der Waals surface area contributed by atoms with E-state index in [1.165, 1.54) is 31.4 Å². The van der Waals surface area contributed by atoms with Gasteiger partial charge in [0.25, 0.3) is 0 Å². The van der Waals surface area contributed by atoms with Crippen LogP contribution in [-0.4, -0.2) is 25.7 Å². The third-order valence-corrected chi connectivity index (χ3v) is 3.89. The number of ketones is 1. The lowest BCUT2D eigenvalue weighted by Crippen LogP contribution is -2.53. The van der Waals surface area contributed by atoms with Gasteiger partial charge in [-0.2, -0.15) is 13.2 Å². The standard InChI is InChI=1S/C15H17F3O3/c1-10(19)14(11-5-7-12(20-2)8-6-11)13(15(16,17)18)4-3-9-21-14/h5-8,13H,3-4,9H2,1-2H3/t13-,14+/m0/s1. The van der Waals surface area contributed by atoms with Crippen LogP contribution in [0.4, 0.5) is 13.2 Å². The first kappa shape index (κ1) is 15.8. The van der Waals surface area contributed by atoms with E-state index in [0.29, 0.717) is 5.75 Å². The van der Waals surface area contributed by atoms with Gasteiger partial charge >= 0.3 is 6.18 Å². The molecule has 1 aromatic rings. The second-order valence-electron chi connectivity index (χ2n) is 5.11. The van der Waals surface area contributed by atoms with Gasteiger partial charge in [-0.15, -0.1) is 0 Å². The van der Waals surface area contributed by atoms with E-state index in [9.17, 15) is 18.0 Å². The average molecular weight is 302 g/mol. The summed E-state index contributed by atoms with van der Waals surface area (Å²) in [4.78, 5) is 12.1. The molecule has 2 rings (SSSR count). The van der Waals surface area contributed by atoms with Crippen molar-refractivity contribution >= 4 is 5.78 Å². The number of carbonyl (C=O) groups is 1. The molecule has 0 spiro atoms. The highest BCUT2D eigenvalue weighted by molar-refractivity contribution is 5.87. The van der Waals surface area contributed by atoms with E-state index in [1.54, 1.807) is 0 Å². The Labute approximate surface area is 121 Å². The maximum Gasteiger partial charge on any atom is 0.395 e. The van der Waals surface area contributed by atoms with E-state index in [-0.39, 0.29) is 25.0 Å². The predicted molar refractivity (Wildman–Crippen MR) is 70.1 cm³/mol. The Morgan fingerprint density at radius 2 is 1.95 bits per heavy atom. The summed E-state index contributed by atoms with van der Waals surface area (Å²) in [5.74, 6) is -1.95. The van der Waals surface area contributed by atoms with Gasteiger partial charge < -0.3 is 9.47 Å². The molecule has 1 saturated heterocycles. The van der Waals surface area contributed by atoms with Crippen LogP contribution in [0, 0.1) is 5.92 Å². The number of alkyl halides is 3. The van der Waals surface area contributed by atoms with Crippen molar-refractivity contribution < 1.29 is 27.4 Å². The van der Waals surface area contributed by atoms with Gasteiger partial charge in [0.05, 0.1) is 13.0 Å². The van der Waals surface area contributed by atoms with Crippen LogP contribution in [0.3, 0.4) is 0 Å². The maximum absolute atomic E-state index is 13.4. The van der Waals surface area contributed by atoms with E-state index in [0.717, 1.165) is 6.92 Å². The van der Waals surface area contributed by atoms with Crippen molar-refractivity contribution in [3.63, 3.8) is 0 Å². The lowest BCUT2D eigenvalue weighted by Gasteiger charge is -2.43. The Balaban J connectivity index is 2.53. The predicted octanol–water partition coefficient (Wildman–Crippen LogP) is 3.47. The van der Waals surface area contributed by atoms with Gasteiger partial charge in [0.2, 0.25) is 0 Å². The SMILES string of the molecule is COc1ccc([C@@]2(C(C)=O)OCCC[C@@H]2C(F)(F)F)cc1. The summed E-state index contributed by atoms with van der Waals surface area (Å²) in [6.45, 7) is 1.28. The number of ether oxygens (including phenoxy) is 2. The van der Waals surface area contributed by atoms with Crippen LogP contribution in [0.15, 0.2) is 24.3 Å². The molecule has 1 aliphatic heterocycles. The average Bonchev–Trinajstić information content (AvgIpc) is 2.46. The lowest BCUT2D eigenvalue weighted by atomic mass is 9.74. The fourth-order valence-electron chi connectivity index (χ4n) is 2.89.